The van der Waals surface area contributed by atoms with Gasteiger partial charge in [-0.05, 0) is 0 Å². The molecule has 0 unspecified atom stereocenters. The maximum atomic E-state index is 8.46. The molecule has 0 amide bonds. The fourth-order valence-corrected chi connectivity index (χ4v) is 1.15. The lowest BCUT2D eigenvalue weighted by atomic mass is 10.7. The van der Waals surface area contributed by atoms with Crippen molar-refractivity contribution in [2.45, 2.75) is 0 Å². The van der Waals surface area contributed by atoms with Crippen molar-refractivity contribution in [1.29, 1.82) is 0 Å². The van der Waals surface area contributed by atoms with Crippen LogP contribution in [0, 0.1) is 0 Å². The molecule has 7 nitrogen and oxygen atoms in total. The largest absolute Gasteiger partial charge is 0.394 e. The van der Waals surface area contributed by atoms with Crippen LogP contribution in [-0.4, -0.2) is 84.3 Å². The van der Waals surface area contributed by atoms with Gasteiger partial charge in [0.15, 0.2) is 0 Å². The molecule has 0 aromatic heterocycles. The number of aliphatic hydroxyl groups excluding tert-OH is 1. The first-order valence-corrected chi connectivity index (χ1v) is 6.70. The lowest BCUT2D eigenvalue weighted by molar-refractivity contribution is -0.374. The Balaban J connectivity index is 2.88. The molecule has 0 spiro atoms. The lowest BCUT2D eigenvalue weighted by Crippen LogP contribution is -2.52. The second-order valence-electron chi connectivity index (χ2n) is 3.64. The van der Waals surface area contributed by atoms with E-state index in [-0.39, 0.29) is 6.61 Å². The predicted octanol–water partition coefficient (Wildman–Crippen LogP) is -1.70. The Morgan fingerprint density at radius 1 is 0.526 bits per heavy atom. The van der Waals surface area contributed by atoms with Crippen molar-refractivity contribution >= 4 is 0 Å². The molecule has 7 heteroatoms. The Hall–Kier alpha value is -0.280. The van der Waals surface area contributed by atoms with E-state index in [0.29, 0.717) is 66.1 Å². The van der Waals surface area contributed by atoms with Gasteiger partial charge in [-0.25, -0.2) is 0 Å². The lowest BCUT2D eigenvalue weighted by Gasteiger charge is -2.07. The van der Waals surface area contributed by atoms with E-state index in [1.54, 1.807) is 0 Å². The normalized spacial score (nSPS) is 11.1. The molecule has 0 aromatic carbocycles. The van der Waals surface area contributed by atoms with Crippen LogP contribution in [0.1, 0.15) is 0 Å². The number of hydrogen-bond donors (Lipinski definition) is 2. The molecule has 0 aliphatic carbocycles. The van der Waals surface area contributed by atoms with Crippen LogP contribution in [0.4, 0.5) is 0 Å². The van der Waals surface area contributed by atoms with Gasteiger partial charge >= 0.3 is 0 Å². The topological polar surface area (TPSA) is 94.0 Å². The van der Waals surface area contributed by atoms with E-state index in [9.17, 15) is 0 Å². The van der Waals surface area contributed by atoms with E-state index in [1.165, 1.54) is 0 Å². The highest BCUT2D eigenvalue weighted by molar-refractivity contribution is 4.35. The van der Waals surface area contributed by atoms with Crippen molar-refractivity contribution in [3.05, 3.63) is 0 Å². The number of ether oxygens (including phenoxy) is 5. The third-order valence-electron chi connectivity index (χ3n) is 2.01. The highest BCUT2D eigenvalue weighted by Crippen LogP contribution is 1.83. The molecule has 116 valence electrons. The second-order valence-corrected chi connectivity index (χ2v) is 3.64. The van der Waals surface area contributed by atoms with Crippen LogP contribution >= 0.6 is 0 Å². The van der Waals surface area contributed by atoms with E-state index in [4.69, 9.17) is 28.8 Å². The second kappa shape index (κ2) is 17.7. The zero-order chi connectivity index (χ0) is 14.0. The number of rotatable bonds is 16. The van der Waals surface area contributed by atoms with Gasteiger partial charge in [0.2, 0.25) is 0 Å². The molecule has 0 rings (SSSR count). The van der Waals surface area contributed by atoms with Gasteiger partial charge in [0.1, 0.15) is 0 Å². The molecule has 0 radical (unpaired) electrons. The van der Waals surface area contributed by atoms with E-state index in [1.807, 2.05) is 0 Å². The van der Waals surface area contributed by atoms with Gasteiger partial charge < -0.3 is 34.5 Å². The Morgan fingerprint density at radius 2 is 0.842 bits per heavy atom. The van der Waals surface area contributed by atoms with E-state index in [0.717, 1.165) is 6.54 Å². The minimum absolute atomic E-state index is 0.0451. The quantitative estimate of drug-likeness (QED) is 0.328. The molecular weight excluding hydrogens is 254 g/mol. The monoisotopic (exact) mass is 282 g/mol. The highest BCUT2D eigenvalue weighted by Gasteiger charge is 1.93. The van der Waals surface area contributed by atoms with Crippen LogP contribution in [-0.2, 0) is 23.7 Å². The summed E-state index contributed by atoms with van der Waals surface area (Å²) in [6.07, 6.45) is 0. The van der Waals surface area contributed by atoms with Crippen LogP contribution in [0.2, 0.25) is 0 Å². The van der Waals surface area contributed by atoms with Gasteiger partial charge in [-0.15, -0.1) is 0 Å². The van der Waals surface area contributed by atoms with Crippen LogP contribution < -0.4 is 5.73 Å². The van der Waals surface area contributed by atoms with Crippen LogP contribution in [0.3, 0.4) is 0 Å². The minimum Gasteiger partial charge on any atom is -0.394 e. The molecule has 0 aliphatic heterocycles. The summed E-state index contributed by atoms with van der Waals surface area (Å²) in [6.45, 7) is 6.27. The third kappa shape index (κ3) is 17.7. The molecule has 0 bridgehead atoms. The zero-order valence-corrected chi connectivity index (χ0v) is 11.7. The number of hydrogen-bond acceptors (Lipinski definition) is 6. The van der Waals surface area contributed by atoms with Crippen molar-refractivity contribution in [1.82, 2.24) is 0 Å². The van der Waals surface area contributed by atoms with Crippen LogP contribution in [0.15, 0.2) is 0 Å². The van der Waals surface area contributed by atoms with Gasteiger partial charge in [0.25, 0.3) is 0 Å². The number of quaternary nitrogens is 1. The Morgan fingerprint density at radius 3 is 1.16 bits per heavy atom. The summed E-state index contributed by atoms with van der Waals surface area (Å²) in [7, 11) is 0. The molecule has 0 heterocycles. The van der Waals surface area contributed by atoms with Crippen molar-refractivity contribution < 1.29 is 34.5 Å². The predicted molar refractivity (Wildman–Crippen MR) is 68.9 cm³/mol. The average Bonchev–Trinajstić information content (AvgIpc) is 2.43. The average molecular weight is 282 g/mol. The van der Waals surface area contributed by atoms with Crippen molar-refractivity contribution in [3.8, 4) is 0 Å². The van der Waals surface area contributed by atoms with Gasteiger partial charge in [0.05, 0.1) is 79.2 Å². The molecule has 4 N–H and O–H groups in total. The van der Waals surface area contributed by atoms with Crippen molar-refractivity contribution in [3.63, 3.8) is 0 Å². The first-order chi connectivity index (χ1) is 9.41. The smallest absolute Gasteiger partial charge is 0.0977 e. The van der Waals surface area contributed by atoms with Crippen molar-refractivity contribution in [2.75, 3.05) is 79.2 Å². The summed E-state index contributed by atoms with van der Waals surface area (Å²) >= 11 is 0. The summed E-state index contributed by atoms with van der Waals surface area (Å²) in [4.78, 5) is 0. The molecule has 0 saturated carbocycles. The number of aliphatic hydroxyl groups is 1. The first-order valence-electron chi connectivity index (χ1n) is 6.70. The summed E-state index contributed by atoms with van der Waals surface area (Å²) in [5.74, 6) is 0. The highest BCUT2D eigenvalue weighted by atomic mass is 16.6. The van der Waals surface area contributed by atoms with Crippen LogP contribution in [0.5, 0.6) is 0 Å². The van der Waals surface area contributed by atoms with Gasteiger partial charge in [-0.2, -0.15) is 0 Å². The minimum atomic E-state index is 0.0451. The van der Waals surface area contributed by atoms with Crippen molar-refractivity contribution in [2.24, 2.45) is 0 Å². The third-order valence-corrected chi connectivity index (χ3v) is 2.01. The maximum Gasteiger partial charge on any atom is 0.0977 e. The Kier molecular flexibility index (Phi) is 17.5. The molecule has 0 atom stereocenters. The summed E-state index contributed by atoms with van der Waals surface area (Å²) < 4.78 is 26.1. The van der Waals surface area contributed by atoms with Gasteiger partial charge in [0, 0.05) is 0 Å². The van der Waals surface area contributed by atoms with Crippen LogP contribution in [0.25, 0.3) is 0 Å². The summed E-state index contributed by atoms with van der Waals surface area (Å²) in [5, 5.41) is 8.46. The standard InChI is InChI=1S/C12H27NO6/c13-1-3-15-5-7-17-9-11-19-12-10-18-8-6-16-4-2-14/h14H,1-13H2/p+1. The molecule has 0 aliphatic rings. The van der Waals surface area contributed by atoms with E-state index < -0.39 is 0 Å². The molecule has 0 fully saturated rings. The first kappa shape index (κ1) is 18.7. The Bertz CT molecular complexity index is 145. The fraction of sp³-hybridized carbons (Fsp3) is 1.00. The van der Waals surface area contributed by atoms with E-state index >= 15 is 0 Å². The van der Waals surface area contributed by atoms with E-state index in [2.05, 4.69) is 5.73 Å². The molecule has 0 saturated heterocycles. The molecular formula is C12H28NO6+. The van der Waals surface area contributed by atoms with Gasteiger partial charge in [-0.1, -0.05) is 0 Å². The SMILES string of the molecule is [NH3+]CCOCCOCCOCCOCCOCCO. The zero-order valence-electron chi connectivity index (χ0n) is 11.7. The summed E-state index contributed by atoms with van der Waals surface area (Å²) in [5.41, 5.74) is 3.67. The molecule has 0 aromatic rings. The Labute approximate surface area is 114 Å². The summed E-state index contributed by atoms with van der Waals surface area (Å²) in [6, 6.07) is 0. The molecule has 19 heavy (non-hydrogen) atoms. The fourth-order valence-electron chi connectivity index (χ4n) is 1.15. The maximum absolute atomic E-state index is 8.46. The van der Waals surface area contributed by atoms with Gasteiger partial charge in [-0.3, -0.25) is 0 Å².